The van der Waals surface area contributed by atoms with Gasteiger partial charge in [0, 0.05) is 4.47 Å². The Morgan fingerprint density at radius 1 is 1.00 bits per heavy atom. The fourth-order valence-corrected chi connectivity index (χ4v) is 3.06. The third kappa shape index (κ3) is 3.49. The fourth-order valence-electron chi connectivity index (χ4n) is 1.62. The van der Waals surface area contributed by atoms with Gasteiger partial charge in [0.15, 0.2) is 4.90 Å². The first-order valence-electron chi connectivity index (χ1n) is 5.83. The van der Waals surface area contributed by atoms with Crippen molar-refractivity contribution in [1.82, 2.24) is 10.3 Å². The van der Waals surface area contributed by atoms with Crippen LogP contribution in [0.15, 0.2) is 51.8 Å². The van der Waals surface area contributed by atoms with Crippen molar-refractivity contribution >= 4 is 31.9 Å². The van der Waals surface area contributed by atoms with E-state index in [2.05, 4.69) is 15.9 Å². The Morgan fingerprint density at radius 3 is 2.18 bits per heavy atom. The van der Waals surface area contributed by atoms with Crippen LogP contribution in [-0.4, -0.2) is 14.3 Å². The van der Waals surface area contributed by atoms with Crippen molar-refractivity contribution in [3.63, 3.8) is 0 Å². The molecule has 116 valence electrons. The first kappa shape index (κ1) is 16.5. The molecule has 2 aromatic carbocycles. The highest BCUT2D eigenvalue weighted by Gasteiger charge is 2.24. The fraction of sp³-hybridized carbons (Fsp3) is 0. The van der Waals surface area contributed by atoms with Gasteiger partial charge in [-0.3, -0.25) is 10.2 Å². The summed E-state index contributed by atoms with van der Waals surface area (Å²) in [4.78, 5) is 12.3. The molecular formula is C13H9BrF2N2O3S. The van der Waals surface area contributed by atoms with Crippen LogP contribution in [0.25, 0.3) is 0 Å². The number of hydrazine groups is 1. The van der Waals surface area contributed by atoms with Gasteiger partial charge in [0.1, 0.15) is 11.6 Å². The molecule has 0 aliphatic rings. The summed E-state index contributed by atoms with van der Waals surface area (Å²) in [6.45, 7) is 0. The van der Waals surface area contributed by atoms with Crippen molar-refractivity contribution in [3.05, 3.63) is 64.1 Å². The van der Waals surface area contributed by atoms with Crippen LogP contribution in [0, 0.1) is 11.6 Å². The van der Waals surface area contributed by atoms with E-state index in [4.69, 9.17) is 0 Å². The van der Waals surface area contributed by atoms with Gasteiger partial charge < -0.3 is 0 Å². The molecule has 0 radical (unpaired) electrons. The Morgan fingerprint density at radius 2 is 1.59 bits per heavy atom. The lowest BCUT2D eigenvalue weighted by atomic mass is 10.2. The van der Waals surface area contributed by atoms with Gasteiger partial charge in [-0.05, 0) is 40.2 Å². The summed E-state index contributed by atoms with van der Waals surface area (Å²) in [5, 5.41) is 0. The van der Waals surface area contributed by atoms with Gasteiger partial charge >= 0.3 is 0 Å². The van der Waals surface area contributed by atoms with E-state index >= 15 is 0 Å². The second kappa shape index (κ2) is 6.51. The quantitative estimate of drug-likeness (QED) is 0.786. The number of halogens is 3. The van der Waals surface area contributed by atoms with Gasteiger partial charge in [-0.2, -0.15) is 0 Å². The molecule has 9 heteroatoms. The highest BCUT2D eigenvalue weighted by molar-refractivity contribution is 9.10. The Kier molecular flexibility index (Phi) is 4.89. The summed E-state index contributed by atoms with van der Waals surface area (Å²) in [5.41, 5.74) is 2.04. The standard InChI is InChI=1S/C13H9BrF2N2O3S/c14-9-5-2-1-4-8(9)13(19)17-18-22(20,21)12-10(15)6-3-7-11(12)16/h1-7,18H,(H,17,19). The highest BCUT2D eigenvalue weighted by Crippen LogP contribution is 2.18. The molecule has 2 aromatic rings. The molecule has 2 N–H and O–H groups in total. The summed E-state index contributed by atoms with van der Waals surface area (Å²) in [5.74, 6) is -3.31. The summed E-state index contributed by atoms with van der Waals surface area (Å²) >= 11 is 3.13. The number of hydrogen-bond donors (Lipinski definition) is 2. The number of sulfonamides is 1. The van der Waals surface area contributed by atoms with Gasteiger partial charge in [-0.25, -0.2) is 17.2 Å². The van der Waals surface area contributed by atoms with E-state index in [0.29, 0.717) is 4.47 Å². The number of amides is 1. The van der Waals surface area contributed by atoms with Gasteiger partial charge in [-0.15, -0.1) is 4.83 Å². The normalized spacial score (nSPS) is 11.2. The Balaban J connectivity index is 2.21. The zero-order chi connectivity index (χ0) is 16.3. The second-order valence-electron chi connectivity index (χ2n) is 4.09. The SMILES string of the molecule is O=C(NNS(=O)(=O)c1c(F)cccc1F)c1ccccc1Br. The summed E-state index contributed by atoms with van der Waals surface area (Å²) in [6, 6.07) is 8.89. The molecule has 5 nitrogen and oxygen atoms in total. The third-order valence-corrected chi connectivity index (χ3v) is 4.59. The molecule has 0 bridgehead atoms. The second-order valence-corrected chi connectivity index (χ2v) is 6.56. The van der Waals surface area contributed by atoms with Crippen LogP contribution in [0.3, 0.4) is 0 Å². The molecule has 0 aromatic heterocycles. The number of rotatable bonds is 4. The molecule has 1 amide bonds. The smallest absolute Gasteiger partial charge is 0.267 e. The van der Waals surface area contributed by atoms with E-state index in [9.17, 15) is 22.0 Å². The number of carbonyl (C=O) groups excluding carboxylic acids is 1. The van der Waals surface area contributed by atoms with Crippen molar-refractivity contribution in [1.29, 1.82) is 0 Å². The van der Waals surface area contributed by atoms with Crippen LogP contribution in [0.2, 0.25) is 0 Å². The van der Waals surface area contributed by atoms with Crippen LogP contribution >= 0.6 is 15.9 Å². The molecule has 0 fully saturated rings. The lowest BCUT2D eigenvalue weighted by molar-refractivity contribution is 0.0944. The molecule has 0 aliphatic carbocycles. The molecule has 0 saturated heterocycles. The Labute approximate surface area is 133 Å². The molecule has 0 spiro atoms. The minimum absolute atomic E-state index is 0.152. The van der Waals surface area contributed by atoms with E-state index in [1.807, 2.05) is 5.43 Å². The Hall–Kier alpha value is -1.84. The maximum atomic E-state index is 13.5. The van der Waals surface area contributed by atoms with E-state index in [1.165, 1.54) is 6.07 Å². The minimum atomic E-state index is -4.58. The largest absolute Gasteiger partial charge is 0.273 e. The molecule has 0 aliphatic heterocycles. The predicted molar refractivity (Wildman–Crippen MR) is 78.3 cm³/mol. The third-order valence-electron chi connectivity index (χ3n) is 2.61. The monoisotopic (exact) mass is 390 g/mol. The van der Waals surface area contributed by atoms with E-state index in [0.717, 1.165) is 18.2 Å². The number of nitrogens with one attached hydrogen (secondary N) is 2. The van der Waals surface area contributed by atoms with Gasteiger partial charge in [0.2, 0.25) is 0 Å². The first-order valence-corrected chi connectivity index (χ1v) is 8.11. The van der Waals surface area contributed by atoms with Gasteiger partial charge in [0.05, 0.1) is 5.56 Å². The molecular weight excluding hydrogens is 382 g/mol. The van der Waals surface area contributed by atoms with Crippen molar-refractivity contribution in [2.24, 2.45) is 0 Å². The number of carbonyl (C=O) groups is 1. The van der Waals surface area contributed by atoms with Crippen molar-refractivity contribution < 1.29 is 22.0 Å². The van der Waals surface area contributed by atoms with Gasteiger partial charge in [-0.1, -0.05) is 18.2 Å². The lowest BCUT2D eigenvalue weighted by Crippen LogP contribution is -2.42. The van der Waals surface area contributed by atoms with Gasteiger partial charge in [0.25, 0.3) is 15.9 Å². The summed E-state index contributed by atoms with van der Waals surface area (Å²) in [7, 11) is -4.58. The summed E-state index contributed by atoms with van der Waals surface area (Å²) in [6.07, 6.45) is 0. The van der Waals surface area contributed by atoms with E-state index in [1.54, 1.807) is 23.0 Å². The van der Waals surface area contributed by atoms with Crippen LogP contribution in [0.1, 0.15) is 10.4 Å². The highest BCUT2D eigenvalue weighted by atomic mass is 79.9. The van der Waals surface area contributed by atoms with Crippen molar-refractivity contribution in [2.75, 3.05) is 0 Å². The van der Waals surface area contributed by atoms with E-state index in [-0.39, 0.29) is 5.56 Å². The average Bonchev–Trinajstić information content (AvgIpc) is 2.45. The Bertz CT molecular complexity index is 808. The average molecular weight is 391 g/mol. The zero-order valence-electron chi connectivity index (χ0n) is 10.8. The van der Waals surface area contributed by atoms with Crippen LogP contribution in [0.4, 0.5) is 8.78 Å². The maximum Gasteiger partial charge on any atom is 0.267 e. The minimum Gasteiger partial charge on any atom is -0.273 e. The topological polar surface area (TPSA) is 75.3 Å². The van der Waals surface area contributed by atoms with Crippen LogP contribution < -0.4 is 10.3 Å². The predicted octanol–water partition coefficient (Wildman–Crippen LogP) is 2.35. The van der Waals surface area contributed by atoms with Crippen LogP contribution in [0.5, 0.6) is 0 Å². The number of hydrogen-bond acceptors (Lipinski definition) is 3. The molecule has 0 unspecified atom stereocenters. The molecule has 0 atom stereocenters. The maximum absolute atomic E-state index is 13.5. The molecule has 22 heavy (non-hydrogen) atoms. The van der Waals surface area contributed by atoms with Crippen molar-refractivity contribution in [3.8, 4) is 0 Å². The van der Waals surface area contributed by atoms with Crippen molar-refractivity contribution in [2.45, 2.75) is 4.90 Å². The molecule has 2 rings (SSSR count). The first-order chi connectivity index (χ1) is 10.3. The lowest BCUT2D eigenvalue weighted by Gasteiger charge is -2.10. The molecule has 0 saturated carbocycles. The van der Waals surface area contributed by atoms with Crippen LogP contribution in [-0.2, 0) is 10.0 Å². The zero-order valence-corrected chi connectivity index (χ0v) is 13.2. The summed E-state index contributed by atoms with van der Waals surface area (Å²) < 4.78 is 51.1. The van der Waals surface area contributed by atoms with E-state index < -0.39 is 32.5 Å². The molecule has 0 heterocycles. The number of benzene rings is 2.